The van der Waals surface area contributed by atoms with Crippen molar-refractivity contribution in [2.24, 2.45) is 27.2 Å². The van der Waals surface area contributed by atoms with Crippen LogP contribution in [0.1, 0.15) is 46.5 Å². The van der Waals surface area contributed by atoms with Gasteiger partial charge in [-0.2, -0.15) is 0 Å². The number of methoxy groups -OCH3 is 4. The van der Waals surface area contributed by atoms with Gasteiger partial charge in [0.2, 0.25) is 6.29 Å². The molecular formula is C42H94N6O22. The Balaban J connectivity index is -0.000000137. The zero-order valence-corrected chi connectivity index (χ0v) is 43.4. The van der Waals surface area contributed by atoms with Crippen molar-refractivity contribution in [1.82, 2.24) is 4.90 Å². The molecule has 2 heterocycles. The van der Waals surface area contributed by atoms with E-state index in [2.05, 4.69) is 31.9 Å². The van der Waals surface area contributed by atoms with E-state index in [4.69, 9.17) is 68.6 Å². The van der Waals surface area contributed by atoms with Gasteiger partial charge in [0, 0.05) is 68.8 Å². The third-order valence-corrected chi connectivity index (χ3v) is 8.27. The summed E-state index contributed by atoms with van der Waals surface area (Å²) in [5.74, 6) is -0.833. The summed E-state index contributed by atoms with van der Waals surface area (Å²) in [6, 6.07) is 0. The number of aliphatic hydroxyl groups excluding tert-OH is 10. The number of carboxylic acids is 1. The molecule has 1 aliphatic carbocycles. The number of carboxylic acid groups (broad SMARTS) is 1. The van der Waals surface area contributed by atoms with E-state index in [9.17, 15) is 35.1 Å². The summed E-state index contributed by atoms with van der Waals surface area (Å²) in [7, 11) is 15.0. The smallest absolute Gasteiger partial charge is 0.300 e. The predicted molar refractivity (Wildman–Crippen MR) is 259 cm³/mol. The van der Waals surface area contributed by atoms with Crippen LogP contribution in [0.15, 0.2) is 9.98 Å². The van der Waals surface area contributed by atoms with Crippen molar-refractivity contribution in [2.75, 3.05) is 110 Å². The lowest BCUT2D eigenvalue weighted by Gasteiger charge is -2.38. The third-order valence-electron chi connectivity index (χ3n) is 8.27. The molecule has 3 aliphatic rings. The second-order valence-electron chi connectivity index (χ2n) is 13.2. The largest absolute Gasteiger partial charge is 0.481 e. The normalized spacial score (nSPS) is 24.8. The Kier molecular flexibility index (Phi) is 68.4. The maximum atomic E-state index is 10.2. The summed E-state index contributed by atoms with van der Waals surface area (Å²) in [6.45, 7) is 4.65. The highest BCUT2D eigenvalue weighted by Crippen LogP contribution is 2.21. The fraction of sp³-hybridized carbons (Fsp3) is 0.881. The highest BCUT2D eigenvalue weighted by Gasteiger charge is 2.43. The standard InChI is InChI=1S/C9H18N2O4.C8H17NO4.C7H14O6.C7H12O6.C4H8.C2H4O2.C2H6.3CH5N/c1-10-4-7(13)8(6-12)15-9(14-3)5-11-2;1-9-3-6(11)7(5-10)13-8(4-9)12-2;1-12-7-6(11)5(10)4(9)3(2-8)13-7;1-12-7(4-10)13-6(3-9)5(11)2-8;1-2-4-3-1;1-2(3)4;4*1-2/h4-5,7-9,12-13H,6H2,1-3H3;6-8,10-11H,3-5H2,1-2H3;3-11H,2H2,1H3;2,4-7,9,11H,3H2,1H3;1-4H2;1H3,(H,3,4);1-2H3;3*2H2,1H3. The zero-order valence-electron chi connectivity index (χ0n) is 43.4. The van der Waals surface area contributed by atoms with E-state index in [1.54, 1.807) is 14.2 Å². The number of aliphatic carboxylic acids is 1. The Hall–Kier alpha value is -2.73. The highest BCUT2D eigenvalue weighted by molar-refractivity contribution is 5.64. The molecule has 0 aromatic heterocycles. The summed E-state index contributed by atoms with van der Waals surface area (Å²) in [6.07, 6.45) is -4.46. The van der Waals surface area contributed by atoms with Gasteiger partial charge in [0.25, 0.3) is 5.97 Å². The van der Waals surface area contributed by atoms with E-state index in [0.29, 0.717) is 19.4 Å². The minimum Gasteiger partial charge on any atom is -0.481 e. The van der Waals surface area contributed by atoms with Gasteiger partial charge in [-0.25, -0.2) is 0 Å². The zero-order chi connectivity index (χ0) is 56.2. The Labute approximate surface area is 413 Å². The Morgan fingerprint density at radius 2 is 1.10 bits per heavy atom. The van der Waals surface area contributed by atoms with Crippen LogP contribution in [0.4, 0.5) is 0 Å². The molecule has 28 nitrogen and oxygen atoms in total. The van der Waals surface area contributed by atoms with Crippen LogP contribution < -0.4 is 17.2 Å². The molecule has 14 unspecified atom stereocenters. The number of aliphatic hydroxyl groups is 10. The summed E-state index contributed by atoms with van der Waals surface area (Å²) < 4.78 is 39.4. The van der Waals surface area contributed by atoms with Crippen molar-refractivity contribution in [1.29, 1.82) is 0 Å². The van der Waals surface area contributed by atoms with Crippen LogP contribution in [0.3, 0.4) is 0 Å². The SMILES string of the molecule is C1CCC1.CC.CC(=O)O.CN.CN.CN.CN=CC(OC)OC(CO)C(O)C=NC.COC(C=O)OC(CO)C(O)C=O.COC1CN(C)CC(O)C(CO)O1.COC1OC(CO)C(O)C(O)C1O. The molecule has 14 atom stereocenters. The lowest BCUT2D eigenvalue weighted by molar-refractivity contribution is -0.294. The summed E-state index contributed by atoms with van der Waals surface area (Å²) in [5.41, 5.74) is 13.5. The fourth-order valence-corrected chi connectivity index (χ4v) is 4.46. The number of rotatable bonds is 18. The molecule has 2 saturated heterocycles. The Morgan fingerprint density at radius 3 is 1.43 bits per heavy atom. The molecule has 3 rings (SSSR count). The van der Waals surface area contributed by atoms with Crippen LogP contribution in [0, 0.1) is 0 Å². The number of aldehydes is 2. The molecule has 28 heteroatoms. The van der Waals surface area contributed by atoms with Gasteiger partial charge in [-0.3, -0.25) is 24.5 Å². The maximum absolute atomic E-state index is 10.2. The van der Waals surface area contributed by atoms with Crippen molar-refractivity contribution in [2.45, 2.75) is 133 Å². The van der Waals surface area contributed by atoms with Gasteiger partial charge in [0.15, 0.2) is 31.4 Å². The average Bonchev–Trinajstić information content (AvgIpc) is 3.50. The van der Waals surface area contributed by atoms with E-state index in [0.717, 1.165) is 6.92 Å². The van der Waals surface area contributed by atoms with Crippen molar-refractivity contribution in [3.63, 3.8) is 0 Å². The minimum absolute atomic E-state index is 0.186. The third kappa shape index (κ3) is 42.9. The van der Waals surface area contributed by atoms with Gasteiger partial charge in [0.05, 0.1) is 38.7 Å². The number of hydrogen-bond acceptors (Lipinski definition) is 27. The lowest BCUT2D eigenvalue weighted by atomic mass is 9.99. The number of nitrogens with zero attached hydrogens (tertiary/aromatic N) is 3. The minimum atomic E-state index is -1.47. The van der Waals surface area contributed by atoms with Gasteiger partial charge in [-0.05, 0) is 28.2 Å². The molecule has 0 aromatic rings. The quantitative estimate of drug-likeness (QED) is 0.0346. The summed E-state index contributed by atoms with van der Waals surface area (Å²) >= 11 is 0. The molecule has 0 radical (unpaired) electrons. The van der Waals surface area contributed by atoms with Gasteiger partial charge in [0.1, 0.15) is 54.9 Å². The van der Waals surface area contributed by atoms with Crippen molar-refractivity contribution in [3.8, 4) is 0 Å². The van der Waals surface area contributed by atoms with Crippen LogP contribution in [0.5, 0.6) is 0 Å². The van der Waals surface area contributed by atoms with E-state index < -0.39 is 99.1 Å². The fourth-order valence-electron chi connectivity index (χ4n) is 4.46. The number of likely N-dealkylation sites (N-methyl/N-ethyl adjacent to an activating group) is 1. The number of hydrogen-bond donors (Lipinski definition) is 14. The highest BCUT2D eigenvalue weighted by atomic mass is 16.7. The molecule has 70 heavy (non-hydrogen) atoms. The molecule has 0 spiro atoms. The van der Waals surface area contributed by atoms with Crippen LogP contribution >= 0.6 is 0 Å². The number of carbonyl (C=O) groups is 3. The van der Waals surface area contributed by atoms with Gasteiger partial charge in [-0.1, -0.05) is 39.5 Å². The van der Waals surface area contributed by atoms with Crippen LogP contribution in [0.2, 0.25) is 0 Å². The monoisotopic (exact) mass is 1030 g/mol. The molecule has 424 valence electrons. The van der Waals surface area contributed by atoms with Crippen molar-refractivity contribution in [3.05, 3.63) is 0 Å². The molecule has 0 aromatic carbocycles. The molecule has 2 aliphatic heterocycles. The molecule has 1 saturated carbocycles. The van der Waals surface area contributed by atoms with Crippen molar-refractivity contribution >= 4 is 31.0 Å². The predicted octanol–water partition coefficient (Wildman–Crippen LogP) is -5.33. The number of nitrogens with two attached hydrogens (primary N) is 3. The number of β-amino-alcohol motifs (C(OH)–C–C–N with tert-alkyl or cyclic N) is 1. The topological polar surface area (TPSA) is 454 Å². The van der Waals surface area contributed by atoms with Gasteiger partial charge in [-0.15, -0.1) is 0 Å². The molecular weight excluding hydrogens is 940 g/mol. The molecule has 17 N–H and O–H groups in total. The average molecular weight is 1040 g/mol. The van der Waals surface area contributed by atoms with E-state index in [1.165, 1.54) is 87.6 Å². The van der Waals surface area contributed by atoms with Crippen LogP contribution in [0.25, 0.3) is 0 Å². The summed E-state index contributed by atoms with van der Waals surface area (Å²) in [5, 5.41) is 98.5. The first-order valence-electron chi connectivity index (χ1n) is 22.0. The van der Waals surface area contributed by atoms with Crippen molar-refractivity contribution < 1.29 is 108 Å². The second-order valence-corrected chi connectivity index (χ2v) is 13.2. The first-order chi connectivity index (χ1) is 33.4. The maximum Gasteiger partial charge on any atom is 0.300 e. The Morgan fingerprint density at radius 1 is 0.671 bits per heavy atom. The first kappa shape index (κ1) is 81.3. The summed E-state index contributed by atoms with van der Waals surface area (Å²) in [4.78, 5) is 38.6. The number of ether oxygens (including phenoxy) is 8. The lowest BCUT2D eigenvalue weighted by Crippen LogP contribution is -2.58. The number of carbonyl (C=O) groups excluding carboxylic acids is 2. The van der Waals surface area contributed by atoms with E-state index >= 15 is 0 Å². The number of aliphatic imine (C=N–C) groups is 2. The van der Waals surface area contributed by atoms with E-state index in [1.807, 2.05) is 25.8 Å². The van der Waals surface area contributed by atoms with Gasteiger partial charge >= 0.3 is 0 Å². The molecule has 3 fully saturated rings. The Bertz CT molecular complexity index is 1120. The van der Waals surface area contributed by atoms with Gasteiger partial charge < -0.3 is 116 Å². The molecule has 0 amide bonds. The first-order valence-corrected chi connectivity index (χ1v) is 22.0. The second kappa shape index (κ2) is 58.8. The van der Waals surface area contributed by atoms with Crippen LogP contribution in [-0.4, -0.2) is 288 Å². The van der Waals surface area contributed by atoms with E-state index in [-0.39, 0.29) is 25.8 Å². The van der Waals surface area contributed by atoms with Crippen LogP contribution in [-0.2, 0) is 52.3 Å². The molecule has 0 bridgehead atoms.